The summed E-state index contributed by atoms with van der Waals surface area (Å²) >= 11 is 0. The molecule has 29 heavy (non-hydrogen) atoms. The van der Waals surface area contributed by atoms with Gasteiger partial charge >= 0.3 is 0 Å². The Kier molecular flexibility index (Phi) is 5.33. The summed E-state index contributed by atoms with van der Waals surface area (Å²) in [7, 11) is 0. The standard InChI is InChI=1S/C22H33N5O2/c28-21(23-13-18-12-20(25-24-18)15-3-4-15)17-2-1-9-27(14-17)19-7-10-26(11-8-19)22(29)16-5-6-16/h12,15-17,19H,1-11,13-14H2,(H,23,28)(H,24,25)/t17-/m0/s1. The van der Waals surface area contributed by atoms with E-state index in [1.807, 2.05) is 0 Å². The van der Waals surface area contributed by atoms with E-state index in [4.69, 9.17) is 0 Å². The van der Waals surface area contributed by atoms with Crippen LogP contribution in [0.4, 0.5) is 0 Å². The van der Waals surface area contributed by atoms with Crippen molar-refractivity contribution in [1.82, 2.24) is 25.3 Å². The summed E-state index contributed by atoms with van der Waals surface area (Å²) in [5.74, 6) is 1.57. The molecule has 0 aromatic carbocycles. The molecule has 2 N–H and O–H groups in total. The molecule has 0 bridgehead atoms. The van der Waals surface area contributed by atoms with Crippen molar-refractivity contribution in [2.45, 2.75) is 69.9 Å². The molecule has 2 saturated carbocycles. The Morgan fingerprint density at radius 3 is 2.55 bits per heavy atom. The van der Waals surface area contributed by atoms with Gasteiger partial charge in [-0.15, -0.1) is 0 Å². The summed E-state index contributed by atoms with van der Waals surface area (Å²) in [6.07, 6.45) is 8.79. The van der Waals surface area contributed by atoms with Crippen LogP contribution in [0.1, 0.15) is 68.7 Å². The van der Waals surface area contributed by atoms with Gasteiger partial charge < -0.3 is 10.2 Å². The molecule has 1 atom stereocenters. The molecule has 2 amide bonds. The highest BCUT2D eigenvalue weighted by Gasteiger charge is 2.37. The van der Waals surface area contributed by atoms with Crippen LogP contribution in [0.25, 0.3) is 0 Å². The summed E-state index contributed by atoms with van der Waals surface area (Å²) in [5.41, 5.74) is 2.14. The second-order valence-corrected chi connectivity index (χ2v) is 9.47. The second kappa shape index (κ2) is 8.09. The van der Waals surface area contributed by atoms with Crippen molar-refractivity contribution in [3.05, 3.63) is 17.5 Å². The maximum atomic E-state index is 12.8. The molecular weight excluding hydrogens is 366 g/mol. The summed E-state index contributed by atoms with van der Waals surface area (Å²) in [4.78, 5) is 29.6. The van der Waals surface area contributed by atoms with Crippen molar-refractivity contribution in [2.75, 3.05) is 26.2 Å². The van der Waals surface area contributed by atoms with Crippen molar-refractivity contribution in [1.29, 1.82) is 0 Å². The van der Waals surface area contributed by atoms with Gasteiger partial charge in [0.15, 0.2) is 0 Å². The zero-order valence-corrected chi connectivity index (χ0v) is 17.2. The van der Waals surface area contributed by atoms with Gasteiger partial charge in [0.25, 0.3) is 0 Å². The lowest BCUT2D eigenvalue weighted by atomic mass is 9.93. The van der Waals surface area contributed by atoms with Gasteiger partial charge in [-0.3, -0.25) is 19.6 Å². The topological polar surface area (TPSA) is 81.3 Å². The van der Waals surface area contributed by atoms with Crippen LogP contribution in [0, 0.1) is 11.8 Å². The Balaban J connectivity index is 1.08. The van der Waals surface area contributed by atoms with E-state index < -0.39 is 0 Å². The number of rotatable bonds is 6. The lowest BCUT2D eigenvalue weighted by Crippen LogP contribution is -2.51. The first-order valence-electron chi connectivity index (χ1n) is 11.5. The quantitative estimate of drug-likeness (QED) is 0.767. The summed E-state index contributed by atoms with van der Waals surface area (Å²) < 4.78 is 0. The van der Waals surface area contributed by atoms with Crippen LogP contribution in [-0.4, -0.2) is 64.0 Å². The zero-order valence-electron chi connectivity index (χ0n) is 17.2. The predicted molar refractivity (Wildman–Crippen MR) is 109 cm³/mol. The first kappa shape index (κ1) is 19.1. The average molecular weight is 400 g/mol. The first-order chi connectivity index (χ1) is 14.2. The summed E-state index contributed by atoms with van der Waals surface area (Å²) in [6.45, 7) is 4.24. The van der Waals surface area contributed by atoms with Crippen LogP contribution in [0.15, 0.2) is 6.07 Å². The fourth-order valence-electron chi connectivity index (χ4n) is 4.98. The minimum Gasteiger partial charge on any atom is -0.350 e. The van der Waals surface area contributed by atoms with Crippen molar-refractivity contribution in [3.63, 3.8) is 0 Å². The van der Waals surface area contributed by atoms with Gasteiger partial charge in [-0.05, 0) is 64.0 Å². The van der Waals surface area contributed by atoms with Gasteiger partial charge in [0, 0.05) is 37.5 Å². The highest BCUT2D eigenvalue weighted by Crippen LogP contribution is 2.39. The molecule has 0 spiro atoms. The van der Waals surface area contributed by atoms with E-state index in [-0.39, 0.29) is 11.8 Å². The van der Waals surface area contributed by atoms with Crippen LogP contribution < -0.4 is 5.32 Å². The number of carbonyl (C=O) groups excluding carboxylic acids is 2. The predicted octanol–water partition coefficient (Wildman–Crippen LogP) is 2.02. The van der Waals surface area contributed by atoms with Crippen LogP contribution in [0.2, 0.25) is 0 Å². The maximum absolute atomic E-state index is 12.8. The third kappa shape index (κ3) is 4.49. The largest absolute Gasteiger partial charge is 0.350 e. The van der Waals surface area contributed by atoms with Crippen LogP contribution in [0.3, 0.4) is 0 Å². The zero-order chi connectivity index (χ0) is 19.8. The molecular formula is C22H33N5O2. The van der Waals surface area contributed by atoms with E-state index in [1.165, 1.54) is 12.8 Å². The third-order valence-electron chi connectivity index (χ3n) is 7.14. The molecule has 2 aliphatic carbocycles. The lowest BCUT2D eigenvalue weighted by molar-refractivity contribution is -0.134. The molecule has 158 valence electrons. The number of piperidine rings is 2. The number of carbonyl (C=O) groups is 2. The van der Waals surface area contributed by atoms with Crippen LogP contribution >= 0.6 is 0 Å². The van der Waals surface area contributed by atoms with E-state index in [2.05, 4.69) is 31.4 Å². The first-order valence-corrected chi connectivity index (χ1v) is 11.5. The number of hydrogen-bond acceptors (Lipinski definition) is 4. The van der Waals surface area contributed by atoms with Gasteiger partial charge in [0.2, 0.25) is 11.8 Å². The molecule has 7 heteroatoms. The summed E-state index contributed by atoms with van der Waals surface area (Å²) in [5, 5.41) is 10.5. The van der Waals surface area contributed by atoms with E-state index in [0.717, 1.165) is 76.1 Å². The Morgan fingerprint density at radius 1 is 1.03 bits per heavy atom. The molecule has 1 aromatic rings. The van der Waals surface area contributed by atoms with Crippen LogP contribution in [0.5, 0.6) is 0 Å². The van der Waals surface area contributed by atoms with Gasteiger partial charge in [0.1, 0.15) is 0 Å². The lowest BCUT2D eigenvalue weighted by Gasteiger charge is -2.42. The second-order valence-electron chi connectivity index (χ2n) is 9.47. The average Bonchev–Trinajstić information content (AvgIpc) is 3.70. The molecule has 5 rings (SSSR count). The molecule has 1 aromatic heterocycles. The number of amides is 2. The molecule has 3 heterocycles. The molecule has 7 nitrogen and oxygen atoms in total. The Hall–Kier alpha value is -1.89. The SMILES string of the molecule is O=C(NCc1cc(C2CC2)n[nH]1)[C@H]1CCCN(C2CCN(C(=O)C3CC3)CC2)C1. The fraction of sp³-hybridized carbons (Fsp3) is 0.773. The minimum absolute atomic E-state index is 0.0701. The smallest absolute Gasteiger partial charge is 0.225 e. The molecule has 4 aliphatic rings. The van der Waals surface area contributed by atoms with E-state index in [9.17, 15) is 9.59 Å². The van der Waals surface area contributed by atoms with Crippen molar-refractivity contribution in [3.8, 4) is 0 Å². The highest BCUT2D eigenvalue weighted by molar-refractivity contribution is 5.81. The number of nitrogens with one attached hydrogen (secondary N) is 2. The van der Waals surface area contributed by atoms with E-state index in [0.29, 0.717) is 30.3 Å². The molecule has 0 radical (unpaired) electrons. The Labute approximate surface area is 172 Å². The van der Waals surface area contributed by atoms with Crippen molar-refractivity contribution < 1.29 is 9.59 Å². The third-order valence-corrected chi connectivity index (χ3v) is 7.14. The fourth-order valence-corrected chi connectivity index (χ4v) is 4.98. The van der Waals surface area contributed by atoms with E-state index >= 15 is 0 Å². The normalized spacial score (nSPS) is 26.5. The molecule has 2 saturated heterocycles. The van der Waals surface area contributed by atoms with Crippen molar-refractivity contribution >= 4 is 11.8 Å². The van der Waals surface area contributed by atoms with Gasteiger partial charge in [0.05, 0.1) is 23.9 Å². The highest BCUT2D eigenvalue weighted by atomic mass is 16.2. The van der Waals surface area contributed by atoms with Crippen LogP contribution in [-0.2, 0) is 16.1 Å². The number of nitrogens with zero attached hydrogens (tertiary/aromatic N) is 3. The molecule has 0 unspecified atom stereocenters. The minimum atomic E-state index is 0.0701. The Bertz CT molecular complexity index is 746. The number of hydrogen-bond donors (Lipinski definition) is 2. The number of likely N-dealkylation sites (tertiary alicyclic amines) is 2. The number of H-pyrrole nitrogens is 1. The number of aromatic nitrogens is 2. The van der Waals surface area contributed by atoms with Crippen molar-refractivity contribution in [2.24, 2.45) is 11.8 Å². The van der Waals surface area contributed by atoms with Gasteiger partial charge in [-0.25, -0.2) is 0 Å². The summed E-state index contributed by atoms with van der Waals surface area (Å²) in [6, 6.07) is 2.62. The molecule has 4 fully saturated rings. The molecule has 2 aliphatic heterocycles. The van der Waals surface area contributed by atoms with E-state index in [1.54, 1.807) is 0 Å². The number of aromatic amines is 1. The van der Waals surface area contributed by atoms with Gasteiger partial charge in [-0.2, -0.15) is 5.10 Å². The monoisotopic (exact) mass is 399 g/mol. The Morgan fingerprint density at radius 2 is 1.83 bits per heavy atom. The van der Waals surface area contributed by atoms with Gasteiger partial charge in [-0.1, -0.05) is 0 Å². The maximum Gasteiger partial charge on any atom is 0.225 e.